The van der Waals surface area contributed by atoms with Gasteiger partial charge in [0.05, 0.1) is 18.3 Å². The van der Waals surface area contributed by atoms with Crippen molar-refractivity contribution in [3.63, 3.8) is 0 Å². The van der Waals surface area contributed by atoms with Crippen LogP contribution in [0.2, 0.25) is 0 Å². The van der Waals surface area contributed by atoms with Crippen molar-refractivity contribution in [2.75, 3.05) is 6.61 Å². The first-order valence-electron chi connectivity index (χ1n) is 10.9. The molecule has 9 atom stereocenters. The van der Waals surface area contributed by atoms with Crippen molar-refractivity contribution in [1.29, 1.82) is 0 Å². The van der Waals surface area contributed by atoms with Gasteiger partial charge in [0.2, 0.25) is 0 Å². The zero-order valence-electron chi connectivity index (χ0n) is 16.3. The number of rotatable bonds is 3. The van der Waals surface area contributed by atoms with E-state index >= 15 is 0 Å². The van der Waals surface area contributed by atoms with Gasteiger partial charge in [0.25, 0.3) is 0 Å². The summed E-state index contributed by atoms with van der Waals surface area (Å²) in [6.45, 7) is 2.12. The molecule has 3 fully saturated rings. The van der Waals surface area contributed by atoms with Gasteiger partial charge in [-0.15, -0.1) is 0 Å². The Balaban J connectivity index is 1.69. The van der Waals surface area contributed by atoms with Crippen LogP contribution in [0.4, 0.5) is 0 Å². The van der Waals surface area contributed by atoms with Gasteiger partial charge in [0.1, 0.15) is 0 Å². The SMILES string of the molecule is C[C@H]1C(O)CCC2C(C3CC[C@H](CO)C=C3C(=O)O)C3CCCC[C@H]3OC21. The number of aliphatic hydroxyl groups is 2. The van der Waals surface area contributed by atoms with E-state index in [9.17, 15) is 20.1 Å². The molecule has 5 nitrogen and oxygen atoms in total. The van der Waals surface area contributed by atoms with Gasteiger partial charge in [-0.3, -0.25) is 0 Å². The number of hydrogen-bond donors (Lipinski definition) is 3. The summed E-state index contributed by atoms with van der Waals surface area (Å²) in [6.07, 6.45) is 9.77. The Morgan fingerprint density at radius 1 is 1.11 bits per heavy atom. The second-order valence-electron chi connectivity index (χ2n) is 9.39. The first-order valence-corrected chi connectivity index (χ1v) is 10.9. The normalized spacial score (nSPS) is 47.5. The molecule has 3 N–H and O–H groups in total. The van der Waals surface area contributed by atoms with E-state index in [0.717, 1.165) is 38.5 Å². The molecule has 1 saturated heterocycles. The second kappa shape index (κ2) is 7.84. The van der Waals surface area contributed by atoms with Crippen molar-refractivity contribution < 1.29 is 24.9 Å². The largest absolute Gasteiger partial charge is 0.478 e. The van der Waals surface area contributed by atoms with Crippen molar-refractivity contribution in [3.8, 4) is 0 Å². The van der Waals surface area contributed by atoms with Crippen LogP contribution in [0.1, 0.15) is 58.3 Å². The van der Waals surface area contributed by atoms with Gasteiger partial charge in [0, 0.05) is 24.0 Å². The molecule has 0 spiro atoms. The van der Waals surface area contributed by atoms with Gasteiger partial charge in [-0.2, -0.15) is 0 Å². The fourth-order valence-corrected chi connectivity index (χ4v) is 6.67. The predicted octanol–water partition coefficient (Wildman–Crippen LogP) is 3.00. The first kappa shape index (κ1) is 19.4. The van der Waals surface area contributed by atoms with Crippen LogP contribution in [0.15, 0.2) is 11.6 Å². The number of carbonyl (C=O) groups is 1. The third-order valence-corrected chi connectivity index (χ3v) is 8.03. The molecule has 152 valence electrons. The Morgan fingerprint density at radius 2 is 1.89 bits per heavy atom. The van der Waals surface area contributed by atoms with E-state index in [0.29, 0.717) is 23.3 Å². The first-order chi connectivity index (χ1) is 13.0. The molecule has 0 aromatic carbocycles. The molecule has 0 bridgehead atoms. The number of aliphatic carboxylic acids is 1. The van der Waals surface area contributed by atoms with Gasteiger partial charge in [-0.1, -0.05) is 25.8 Å². The Kier molecular flexibility index (Phi) is 5.64. The highest BCUT2D eigenvalue weighted by molar-refractivity contribution is 5.87. The topological polar surface area (TPSA) is 87.0 Å². The minimum absolute atomic E-state index is 0.0264. The zero-order valence-corrected chi connectivity index (χ0v) is 16.3. The van der Waals surface area contributed by atoms with Gasteiger partial charge < -0.3 is 20.1 Å². The molecule has 2 saturated carbocycles. The van der Waals surface area contributed by atoms with Gasteiger partial charge >= 0.3 is 5.97 Å². The third-order valence-electron chi connectivity index (χ3n) is 8.03. The van der Waals surface area contributed by atoms with Crippen molar-refractivity contribution in [1.82, 2.24) is 0 Å². The maximum Gasteiger partial charge on any atom is 0.331 e. The molecule has 0 amide bonds. The Morgan fingerprint density at radius 3 is 2.63 bits per heavy atom. The molecule has 5 heteroatoms. The van der Waals surface area contributed by atoms with Crippen molar-refractivity contribution >= 4 is 5.97 Å². The van der Waals surface area contributed by atoms with E-state index in [1.807, 2.05) is 6.08 Å². The van der Waals surface area contributed by atoms with Crippen LogP contribution in [0, 0.1) is 35.5 Å². The summed E-state index contributed by atoms with van der Waals surface area (Å²) in [5.74, 6) is 0.401. The molecule has 4 aliphatic rings. The van der Waals surface area contributed by atoms with Crippen LogP contribution >= 0.6 is 0 Å². The molecule has 27 heavy (non-hydrogen) atoms. The van der Waals surface area contributed by atoms with Crippen molar-refractivity contribution in [2.45, 2.75) is 76.6 Å². The van der Waals surface area contributed by atoms with E-state index in [2.05, 4.69) is 6.92 Å². The number of fused-ring (bicyclic) bond motifs is 2. The monoisotopic (exact) mass is 378 g/mol. The molecular weight excluding hydrogens is 344 g/mol. The third kappa shape index (κ3) is 3.47. The van der Waals surface area contributed by atoms with E-state index in [1.165, 1.54) is 12.8 Å². The summed E-state index contributed by atoms with van der Waals surface area (Å²) in [4.78, 5) is 12.1. The number of carboxylic acids is 1. The predicted molar refractivity (Wildman–Crippen MR) is 101 cm³/mol. The Hall–Kier alpha value is -0.910. The maximum absolute atomic E-state index is 12.1. The van der Waals surface area contributed by atoms with E-state index in [-0.39, 0.29) is 42.7 Å². The lowest BCUT2D eigenvalue weighted by atomic mass is 9.56. The molecule has 0 radical (unpaired) electrons. The Bertz CT molecular complexity index is 587. The summed E-state index contributed by atoms with van der Waals surface area (Å²) in [5, 5.41) is 29.9. The highest BCUT2D eigenvalue weighted by Crippen LogP contribution is 2.54. The molecule has 4 rings (SSSR count). The van der Waals surface area contributed by atoms with Crippen LogP contribution in [0.25, 0.3) is 0 Å². The molecule has 1 aliphatic heterocycles. The summed E-state index contributed by atoms with van der Waals surface area (Å²) >= 11 is 0. The average Bonchev–Trinajstić information content (AvgIpc) is 2.69. The van der Waals surface area contributed by atoms with Crippen molar-refractivity contribution in [3.05, 3.63) is 11.6 Å². The molecule has 6 unspecified atom stereocenters. The van der Waals surface area contributed by atoms with Crippen LogP contribution in [-0.4, -0.2) is 46.2 Å². The lowest BCUT2D eigenvalue weighted by molar-refractivity contribution is -0.212. The van der Waals surface area contributed by atoms with Crippen LogP contribution in [-0.2, 0) is 9.53 Å². The number of hydrogen-bond acceptors (Lipinski definition) is 4. The number of ether oxygens (including phenoxy) is 1. The number of carboxylic acid groups (broad SMARTS) is 1. The molecule has 1 heterocycles. The molecule has 3 aliphatic carbocycles. The average molecular weight is 379 g/mol. The van der Waals surface area contributed by atoms with Gasteiger partial charge in [-0.05, 0) is 62.2 Å². The summed E-state index contributed by atoms with van der Waals surface area (Å²) < 4.78 is 6.57. The smallest absolute Gasteiger partial charge is 0.331 e. The lowest BCUT2D eigenvalue weighted by Gasteiger charge is -2.56. The molecule has 0 aromatic rings. The highest BCUT2D eigenvalue weighted by atomic mass is 16.5. The van der Waals surface area contributed by atoms with E-state index in [1.54, 1.807) is 0 Å². The lowest BCUT2D eigenvalue weighted by Crippen LogP contribution is -2.57. The van der Waals surface area contributed by atoms with Gasteiger partial charge in [-0.25, -0.2) is 4.79 Å². The maximum atomic E-state index is 12.1. The summed E-state index contributed by atoms with van der Waals surface area (Å²) in [7, 11) is 0. The molecular formula is C22H34O5. The molecule has 0 aromatic heterocycles. The van der Waals surface area contributed by atoms with Crippen molar-refractivity contribution in [2.24, 2.45) is 35.5 Å². The van der Waals surface area contributed by atoms with Crippen LogP contribution in [0.5, 0.6) is 0 Å². The summed E-state index contributed by atoms with van der Waals surface area (Å²) in [6, 6.07) is 0. The minimum atomic E-state index is -0.822. The van der Waals surface area contributed by atoms with E-state index in [4.69, 9.17) is 4.74 Å². The quantitative estimate of drug-likeness (QED) is 0.703. The van der Waals surface area contributed by atoms with Crippen LogP contribution in [0.3, 0.4) is 0 Å². The second-order valence-corrected chi connectivity index (χ2v) is 9.39. The Labute approximate surface area is 161 Å². The summed E-state index contributed by atoms with van der Waals surface area (Å²) in [5.41, 5.74) is 0.522. The standard InChI is InChI=1S/C22H34O5/c1-12-18(24)9-8-16-20(15-4-2-3-5-19(15)27-21(12)16)14-7-6-13(11-23)10-17(14)22(25)26/h10,12-16,18-21,23-24H,2-9,11H2,1H3,(H,25,26)/t12-,13-,14?,15?,16?,18?,19+,20?,21?/m0/s1. The van der Waals surface area contributed by atoms with E-state index < -0.39 is 5.97 Å². The zero-order chi connectivity index (χ0) is 19.1. The van der Waals surface area contributed by atoms with Gasteiger partial charge in [0.15, 0.2) is 0 Å². The fourth-order valence-electron chi connectivity index (χ4n) is 6.67. The minimum Gasteiger partial charge on any atom is -0.478 e. The highest BCUT2D eigenvalue weighted by Gasteiger charge is 2.53. The van der Waals surface area contributed by atoms with Crippen LogP contribution < -0.4 is 0 Å². The fraction of sp³-hybridized carbons (Fsp3) is 0.864. The number of aliphatic hydroxyl groups excluding tert-OH is 2.